The molecular weight excluding hydrogens is 325 g/mol. The van der Waals surface area contributed by atoms with Gasteiger partial charge in [0.1, 0.15) is 5.41 Å². The van der Waals surface area contributed by atoms with E-state index in [1.807, 2.05) is 0 Å². The molecule has 3 rings (SSSR count). The van der Waals surface area contributed by atoms with Crippen LogP contribution in [0, 0.1) is 17.3 Å². The van der Waals surface area contributed by atoms with Crippen molar-refractivity contribution in [1.82, 2.24) is 4.90 Å². The number of piperidine rings is 1. The molecule has 0 aromatic heterocycles. The molecule has 24 heavy (non-hydrogen) atoms. The normalized spacial score (nSPS) is 30.4. The van der Waals surface area contributed by atoms with Gasteiger partial charge in [0.05, 0.1) is 12.0 Å². The molecule has 2 atom stereocenters. The van der Waals surface area contributed by atoms with E-state index in [0.29, 0.717) is 45.4 Å². The number of carbonyl (C=O) groups excluding carboxylic acids is 2. The molecule has 0 unspecified atom stereocenters. The molecular formula is C16H23F3N2O3. The Morgan fingerprint density at radius 1 is 1.17 bits per heavy atom. The Morgan fingerprint density at radius 2 is 1.79 bits per heavy atom. The maximum absolute atomic E-state index is 13.1. The van der Waals surface area contributed by atoms with Gasteiger partial charge < -0.3 is 15.4 Å². The molecule has 2 saturated heterocycles. The zero-order valence-electron chi connectivity index (χ0n) is 13.5. The molecule has 0 aromatic rings. The second kappa shape index (κ2) is 6.20. The van der Waals surface area contributed by atoms with Crippen LogP contribution in [0.4, 0.5) is 13.2 Å². The van der Waals surface area contributed by atoms with Crippen LogP contribution in [0.5, 0.6) is 0 Å². The number of halogens is 3. The second-order valence-electron chi connectivity index (χ2n) is 7.26. The largest absolute Gasteiger partial charge is 0.403 e. The lowest BCUT2D eigenvalue weighted by molar-refractivity contribution is -0.199. The van der Waals surface area contributed by atoms with Gasteiger partial charge in [0.25, 0.3) is 0 Å². The zero-order chi connectivity index (χ0) is 17.5. The lowest BCUT2D eigenvalue weighted by Gasteiger charge is -2.36. The van der Waals surface area contributed by atoms with Crippen LogP contribution in [-0.2, 0) is 14.3 Å². The van der Waals surface area contributed by atoms with Crippen LogP contribution in [0.2, 0.25) is 0 Å². The number of alkyl halides is 3. The lowest BCUT2D eigenvalue weighted by Crippen LogP contribution is -2.47. The van der Waals surface area contributed by atoms with E-state index >= 15 is 0 Å². The van der Waals surface area contributed by atoms with E-state index in [0.717, 1.165) is 0 Å². The Labute approximate surface area is 138 Å². The van der Waals surface area contributed by atoms with Crippen LogP contribution >= 0.6 is 0 Å². The third-order valence-electron chi connectivity index (χ3n) is 5.74. The van der Waals surface area contributed by atoms with Crippen molar-refractivity contribution in [3.63, 3.8) is 0 Å². The summed E-state index contributed by atoms with van der Waals surface area (Å²) in [4.78, 5) is 25.0. The monoisotopic (exact) mass is 348 g/mol. The van der Waals surface area contributed by atoms with Crippen molar-refractivity contribution in [2.75, 3.05) is 19.7 Å². The van der Waals surface area contributed by atoms with Crippen molar-refractivity contribution in [2.24, 2.45) is 23.0 Å². The van der Waals surface area contributed by atoms with E-state index in [2.05, 4.69) is 0 Å². The predicted octanol–water partition coefficient (Wildman–Crippen LogP) is 1.85. The molecule has 8 heteroatoms. The van der Waals surface area contributed by atoms with Gasteiger partial charge >= 0.3 is 6.18 Å². The van der Waals surface area contributed by atoms with Crippen LogP contribution < -0.4 is 5.73 Å². The fraction of sp³-hybridized carbons (Fsp3) is 0.875. The van der Waals surface area contributed by atoms with Crippen LogP contribution in [0.15, 0.2) is 0 Å². The smallest absolute Gasteiger partial charge is 0.377 e. The summed E-state index contributed by atoms with van der Waals surface area (Å²) in [7, 11) is 0. The Morgan fingerprint density at radius 3 is 2.29 bits per heavy atom. The fourth-order valence-corrected chi connectivity index (χ4v) is 3.95. The van der Waals surface area contributed by atoms with Crippen LogP contribution in [-0.4, -0.2) is 48.7 Å². The summed E-state index contributed by atoms with van der Waals surface area (Å²) in [6.07, 6.45) is -2.23. The summed E-state index contributed by atoms with van der Waals surface area (Å²) in [5.74, 6) is -1.14. The van der Waals surface area contributed by atoms with Gasteiger partial charge in [-0.25, -0.2) is 0 Å². The summed E-state index contributed by atoms with van der Waals surface area (Å²) in [6.45, 7) is 1.20. The molecule has 0 spiro atoms. The van der Waals surface area contributed by atoms with Crippen LogP contribution in [0.3, 0.4) is 0 Å². The number of rotatable bonds is 4. The quantitative estimate of drug-likeness (QED) is 0.843. The third-order valence-corrected chi connectivity index (χ3v) is 5.74. The van der Waals surface area contributed by atoms with E-state index in [9.17, 15) is 22.8 Å². The summed E-state index contributed by atoms with van der Waals surface area (Å²) in [6, 6.07) is 0. The van der Waals surface area contributed by atoms with E-state index in [-0.39, 0.29) is 36.7 Å². The molecule has 0 radical (unpaired) electrons. The second-order valence-corrected chi connectivity index (χ2v) is 7.26. The average Bonchev–Trinajstić information content (AvgIpc) is 3.22. The predicted molar refractivity (Wildman–Crippen MR) is 78.7 cm³/mol. The highest BCUT2D eigenvalue weighted by atomic mass is 19.4. The first-order valence-electron chi connectivity index (χ1n) is 8.51. The summed E-state index contributed by atoms with van der Waals surface area (Å²) >= 11 is 0. The minimum Gasteiger partial charge on any atom is -0.377 e. The first kappa shape index (κ1) is 17.5. The van der Waals surface area contributed by atoms with Gasteiger partial charge in [0.15, 0.2) is 0 Å². The number of nitrogens with two attached hydrogens (primary N) is 1. The summed E-state index contributed by atoms with van der Waals surface area (Å²) in [5, 5.41) is 0. The molecule has 3 fully saturated rings. The molecule has 2 aliphatic heterocycles. The number of hydrogen-bond donors (Lipinski definition) is 1. The standard InChI is InChI=1S/C16H23F3N2O3/c17-16(18,19)15(4-5-15)14(23)21-6-1-10(2-7-21)9-12-11(13(20)22)3-8-24-12/h10-12H,1-9H2,(H2,20,22)/t11-,12-/m1/s1. The number of primary amides is 1. The highest BCUT2D eigenvalue weighted by Crippen LogP contribution is 2.58. The fourth-order valence-electron chi connectivity index (χ4n) is 3.95. The van der Waals surface area contributed by atoms with E-state index < -0.39 is 17.5 Å². The topological polar surface area (TPSA) is 72.6 Å². The number of likely N-dealkylation sites (tertiary alicyclic amines) is 1. The molecule has 2 N–H and O–H groups in total. The van der Waals surface area contributed by atoms with Gasteiger partial charge in [0.2, 0.25) is 11.8 Å². The van der Waals surface area contributed by atoms with E-state index in [1.165, 1.54) is 4.90 Å². The maximum atomic E-state index is 13.1. The minimum atomic E-state index is -4.45. The van der Waals surface area contributed by atoms with Gasteiger partial charge in [-0.3, -0.25) is 9.59 Å². The number of carbonyl (C=O) groups is 2. The SMILES string of the molecule is NC(=O)[C@@H]1CCO[C@@H]1CC1CCN(C(=O)C2(C(F)(F)F)CC2)CC1. The molecule has 5 nitrogen and oxygen atoms in total. The molecule has 2 amide bonds. The van der Waals surface area contributed by atoms with Gasteiger partial charge in [-0.2, -0.15) is 13.2 Å². The first-order valence-corrected chi connectivity index (χ1v) is 8.51. The van der Waals surface area contributed by atoms with Crippen LogP contribution in [0.1, 0.15) is 38.5 Å². The van der Waals surface area contributed by atoms with Gasteiger partial charge in [-0.15, -0.1) is 0 Å². The van der Waals surface area contributed by atoms with Crippen LogP contribution in [0.25, 0.3) is 0 Å². The molecule has 1 saturated carbocycles. The molecule has 3 aliphatic rings. The van der Waals surface area contributed by atoms with Crippen molar-refractivity contribution >= 4 is 11.8 Å². The Kier molecular flexibility index (Phi) is 4.53. The minimum absolute atomic E-state index is 0.0918. The highest BCUT2D eigenvalue weighted by molar-refractivity contribution is 5.86. The average molecular weight is 348 g/mol. The highest BCUT2D eigenvalue weighted by Gasteiger charge is 2.69. The summed E-state index contributed by atoms with van der Waals surface area (Å²) < 4.78 is 44.8. The van der Waals surface area contributed by atoms with Gasteiger partial charge in [0, 0.05) is 19.7 Å². The molecule has 0 aromatic carbocycles. The number of ether oxygens (including phenoxy) is 1. The molecule has 1 aliphatic carbocycles. The van der Waals surface area contributed by atoms with Crippen molar-refractivity contribution < 1.29 is 27.5 Å². The van der Waals surface area contributed by atoms with Crippen molar-refractivity contribution in [1.29, 1.82) is 0 Å². The van der Waals surface area contributed by atoms with Crippen molar-refractivity contribution in [3.05, 3.63) is 0 Å². The summed E-state index contributed by atoms with van der Waals surface area (Å²) in [5.41, 5.74) is 3.25. The maximum Gasteiger partial charge on any atom is 0.403 e. The molecule has 136 valence electrons. The Hall–Kier alpha value is -1.31. The van der Waals surface area contributed by atoms with E-state index in [1.54, 1.807) is 0 Å². The van der Waals surface area contributed by atoms with Gasteiger partial charge in [-0.1, -0.05) is 0 Å². The van der Waals surface area contributed by atoms with E-state index in [4.69, 9.17) is 10.5 Å². The number of amides is 2. The number of nitrogens with zero attached hydrogens (tertiary/aromatic N) is 1. The number of hydrogen-bond acceptors (Lipinski definition) is 3. The Balaban J connectivity index is 1.51. The lowest BCUT2D eigenvalue weighted by atomic mass is 9.86. The Bertz CT molecular complexity index is 511. The molecule has 2 heterocycles. The first-order chi connectivity index (χ1) is 11.2. The third kappa shape index (κ3) is 3.12. The zero-order valence-corrected chi connectivity index (χ0v) is 13.5. The van der Waals surface area contributed by atoms with Crippen molar-refractivity contribution in [3.8, 4) is 0 Å². The van der Waals surface area contributed by atoms with Crippen molar-refractivity contribution in [2.45, 2.75) is 50.8 Å². The van der Waals surface area contributed by atoms with Gasteiger partial charge in [-0.05, 0) is 44.4 Å². The molecule has 0 bridgehead atoms.